The van der Waals surface area contributed by atoms with Crippen molar-refractivity contribution in [3.05, 3.63) is 77.6 Å². The van der Waals surface area contributed by atoms with E-state index >= 15 is 0 Å². The molecule has 0 spiro atoms. The van der Waals surface area contributed by atoms with Gasteiger partial charge in [-0.05, 0) is 17.7 Å². The van der Waals surface area contributed by atoms with Gasteiger partial charge in [-0.25, -0.2) is 4.68 Å². The summed E-state index contributed by atoms with van der Waals surface area (Å²) in [6, 6.07) is 19.4. The minimum Gasteiger partial charge on any atom is -0.487 e. The third kappa shape index (κ3) is 3.20. The van der Waals surface area contributed by atoms with Crippen molar-refractivity contribution in [2.45, 2.75) is 13.2 Å². The Morgan fingerprint density at radius 2 is 1.68 bits per heavy atom. The van der Waals surface area contributed by atoms with E-state index in [4.69, 9.17) is 4.74 Å². The van der Waals surface area contributed by atoms with E-state index in [1.165, 1.54) is 0 Å². The van der Waals surface area contributed by atoms with Crippen LogP contribution in [0, 0.1) is 0 Å². The minimum absolute atomic E-state index is 0.248. The molecule has 0 N–H and O–H groups in total. The smallest absolute Gasteiger partial charge is 0.172 e. The molecule has 0 aliphatic carbocycles. The van der Waals surface area contributed by atoms with Crippen molar-refractivity contribution in [2.24, 2.45) is 0 Å². The van der Waals surface area contributed by atoms with E-state index < -0.39 is 0 Å². The highest BCUT2D eigenvalue weighted by Gasteiger charge is 2.13. The molecule has 0 saturated carbocycles. The Kier molecular flexibility index (Phi) is 4.25. The van der Waals surface area contributed by atoms with Gasteiger partial charge in [0, 0.05) is 0 Å². The molecule has 0 aliphatic heterocycles. The van der Waals surface area contributed by atoms with Gasteiger partial charge < -0.3 is 4.74 Å². The molecule has 110 valence electrons. The van der Waals surface area contributed by atoms with Crippen LogP contribution in [-0.2, 0) is 13.2 Å². The average Bonchev–Trinajstić information content (AvgIpc) is 2.96. The van der Waals surface area contributed by atoms with Crippen molar-refractivity contribution in [3.63, 3.8) is 0 Å². The fourth-order valence-corrected chi connectivity index (χ4v) is 2.14. The summed E-state index contributed by atoms with van der Waals surface area (Å²) in [7, 11) is 0. The monoisotopic (exact) mass is 293 g/mol. The highest BCUT2D eigenvalue weighted by Crippen LogP contribution is 2.14. The Labute approximate surface area is 128 Å². The molecule has 5 nitrogen and oxygen atoms in total. The predicted octanol–water partition coefficient (Wildman–Crippen LogP) is 2.72. The van der Waals surface area contributed by atoms with Gasteiger partial charge in [-0.3, -0.25) is 4.79 Å². The molecule has 0 fully saturated rings. The van der Waals surface area contributed by atoms with E-state index in [9.17, 15) is 4.79 Å². The van der Waals surface area contributed by atoms with Gasteiger partial charge >= 0.3 is 0 Å². The van der Waals surface area contributed by atoms with Crippen LogP contribution in [0.4, 0.5) is 0 Å². The Balaban J connectivity index is 1.79. The lowest BCUT2D eigenvalue weighted by molar-refractivity contribution is 0.111. The van der Waals surface area contributed by atoms with Crippen LogP contribution in [0.15, 0.2) is 60.7 Å². The van der Waals surface area contributed by atoms with E-state index in [0.29, 0.717) is 24.2 Å². The molecule has 5 heteroatoms. The standard InChI is InChI=1S/C17H15N3O2/c21-12-16-17(13-22-15-9-5-2-6-10-15)20(19-18-16)11-14-7-3-1-4-8-14/h1-10,12H,11,13H2. The third-order valence-electron chi connectivity index (χ3n) is 3.27. The maximum Gasteiger partial charge on any atom is 0.172 e. The van der Waals surface area contributed by atoms with Crippen LogP contribution in [0.3, 0.4) is 0 Å². The summed E-state index contributed by atoms with van der Waals surface area (Å²) >= 11 is 0. The SMILES string of the molecule is O=Cc1nnn(Cc2ccccc2)c1COc1ccccc1. The molecule has 3 aromatic rings. The second-order valence-electron chi connectivity index (χ2n) is 4.78. The third-order valence-corrected chi connectivity index (χ3v) is 3.27. The molecule has 0 amide bonds. The number of aromatic nitrogens is 3. The van der Waals surface area contributed by atoms with Crippen molar-refractivity contribution >= 4 is 6.29 Å². The summed E-state index contributed by atoms with van der Waals surface area (Å²) in [5.41, 5.74) is 2.07. The summed E-state index contributed by atoms with van der Waals surface area (Å²) in [6.45, 7) is 0.799. The second-order valence-corrected chi connectivity index (χ2v) is 4.78. The van der Waals surface area contributed by atoms with Crippen LogP contribution in [-0.4, -0.2) is 21.3 Å². The molecular weight excluding hydrogens is 278 g/mol. The van der Waals surface area contributed by atoms with Crippen LogP contribution in [0.2, 0.25) is 0 Å². The molecule has 3 rings (SSSR count). The Bertz CT molecular complexity index is 739. The van der Waals surface area contributed by atoms with E-state index in [-0.39, 0.29) is 6.61 Å². The van der Waals surface area contributed by atoms with Crippen molar-refractivity contribution in [1.82, 2.24) is 15.0 Å². The van der Waals surface area contributed by atoms with Crippen LogP contribution < -0.4 is 4.74 Å². The van der Waals surface area contributed by atoms with Crippen LogP contribution in [0.25, 0.3) is 0 Å². The fraction of sp³-hybridized carbons (Fsp3) is 0.118. The maximum atomic E-state index is 11.1. The van der Waals surface area contributed by atoms with Crippen molar-refractivity contribution in [2.75, 3.05) is 0 Å². The largest absolute Gasteiger partial charge is 0.487 e. The molecule has 0 unspecified atom stereocenters. The first-order valence-electron chi connectivity index (χ1n) is 6.96. The van der Waals surface area contributed by atoms with Crippen molar-refractivity contribution in [3.8, 4) is 5.75 Å². The van der Waals surface area contributed by atoms with Gasteiger partial charge in [-0.1, -0.05) is 53.7 Å². The number of hydrogen-bond donors (Lipinski definition) is 0. The zero-order valence-corrected chi connectivity index (χ0v) is 11.9. The lowest BCUT2D eigenvalue weighted by Gasteiger charge is -2.09. The van der Waals surface area contributed by atoms with Gasteiger partial charge in [0.15, 0.2) is 12.0 Å². The van der Waals surface area contributed by atoms with Crippen LogP contribution >= 0.6 is 0 Å². The summed E-state index contributed by atoms with van der Waals surface area (Å²) in [4.78, 5) is 11.1. The number of carbonyl (C=O) groups is 1. The Morgan fingerprint density at radius 1 is 1.00 bits per heavy atom. The molecule has 0 bridgehead atoms. The minimum atomic E-state index is 0.248. The number of carbonyl (C=O) groups excluding carboxylic acids is 1. The molecule has 0 atom stereocenters. The fourth-order valence-electron chi connectivity index (χ4n) is 2.14. The highest BCUT2D eigenvalue weighted by molar-refractivity contribution is 5.73. The molecule has 1 heterocycles. The average molecular weight is 293 g/mol. The predicted molar refractivity (Wildman–Crippen MR) is 81.7 cm³/mol. The first-order valence-corrected chi connectivity index (χ1v) is 6.96. The summed E-state index contributed by atoms with van der Waals surface area (Å²) in [5, 5.41) is 7.96. The maximum absolute atomic E-state index is 11.1. The second kappa shape index (κ2) is 6.67. The van der Waals surface area contributed by atoms with Gasteiger partial charge in [-0.2, -0.15) is 0 Å². The Hall–Kier alpha value is -2.95. The highest BCUT2D eigenvalue weighted by atomic mass is 16.5. The number of aldehydes is 1. The van der Waals surface area contributed by atoms with E-state index in [1.807, 2.05) is 60.7 Å². The first-order chi connectivity index (χ1) is 10.9. The van der Waals surface area contributed by atoms with Crippen LogP contribution in [0.1, 0.15) is 21.7 Å². The summed E-state index contributed by atoms with van der Waals surface area (Å²) in [6.07, 6.45) is 0.707. The van der Waals surface area contributed by atoms with Gasteiger partial charge in [-0.15, -0.1) is 5.10 Å². The van der Waals surface area contributed by atoms with Gasteiger partial charge in [0.25, 0.3) is 0 Å². The quantitative estimate of drug-likeness (QED) is 0.656. The lowest BCUT2D eigenvalue weighted by atomic mass is 10.2. The number of benzene rings is 2. The molecule has 0 aliphatic rings. The molecule has 0 radical (unpaired) electrons. The first kappa shape index (κ1) is 14.0. The van der Waals surface area contributed by atoms with Gasteiger partial charge in [0.1, 0.15) is 18.1 Å². The number of rotatable bonds is 6. The van der Waals surface area contributed by atoms with Gasteiger partial charge in [0.2, 0.25) is 0 Å². The zero-order chi connectivity index (χ0) is 15.2. The number of para-hydroxylation sites is 1. The number of ether oxygens (including phenoxy) is 1. The van der Waals surface area contributed by atoms with Crippen molar-refractivity contribution in [1.29, 1.82) is 0 Å². The van der Waals surface area contributed by atoms with Crippen molar-refractivity contribution < 1.29 is 9.53 Å². The van der Waals surface area contributed by atoms with Gasteiger partial charge in [0.05, 0.1) is 6.54 Å². The Morgan fingerprint density at radius 3 is 2.36 bits per heavy atom. The van der Waals surface area contributed by atoms with Crippen LogP contribution in [0.5, 0.6) is 5.75 Å². The normalized spacial score (nSPS) is 10.4. The summed E-state index contributed by atoms with van der Waals surface area (Å²) < 4.78 is 7.41. The van der Waals surface area contributed by atoms with E-state index in [1.54, 1.807) is 4.68 Å². The molecule has 1 aromatic heterocycles. The molecular formula is C17H15N3O2. The molecule has 22 heavy (non-hydrogen) atoms. The lowest BCUT2D eigenvalue weighted by Crippen LogP contribution is -2.10. The molecule has 2 aromatic carbocycles. The molecule has 0 saturated heterocycles. The van der Waals surface area contributed by atoms with E-state index in [0.717, 1.165) is 11.3 Å². The zero-order valence-electron chi connectivity index (χ0n) is 11.9. The number of hydrogen-bond acceptors (Lipinski definition) is 4. The summed E-state index contributed by atoms with van der Waals surface area (Å²) in [5.74, 6) is 0.742. The topological polar surface area (TPSA) is 57.0 Å². The number of nitrogens with zero attached hydrogens (tertiary/aromatic N) is 3. The van der Waals surface area contributed by atoms with E-state index in [2.05, 4.69) is 10.3 Å².